The number of esters is 1. The molecule has 0 unspecified atom stereocenters. The lowest BCUT2D eigenvalue weighted by molar-refractivity contribution is 0.0467. The third kappa shape index (κ3) is 3.14. The van der Waals surface area contributed by atoms with Gasteiger partial charge in [-0.25, -0.2) is 9.18 Å². The summed E-state index contributed by atoms with van der Waals surface area (Å²) in [6.45, 7) is 4.07. The van der Waals surface area contributed by atoms with Gasteiger partial charge < -0.3 is 10.5 Å². The lowest BCUT2D eigenvalue weighted by Gasteiger charge is -2.05. The number of carbonyl (C=O) groups is 1. The van der Waals surface area contributed by atoms with Crippen molar-refractivity contribution in [2.24, 2.45) is 0 Å². The van der Waals surface area contributed by atoms with Crippen LogP contribution in [0.2, 0.25) is 0 Å². The Hall–Kier alpha value is -2.37. The highest BCUT2D eigenvalue weighted by Gasteiger charge is 2.11. The summed E-state index contributed by atoms with van der Waals surface area (Å²) in [4.78, 5) is 11.8. The predicted molar refractivity (Wildman–Crippen MR) is 72.5 cm³/mol. The van der Waals surface area contributed by atoms with Crippen LogP contribution in [-0.4, -0.2) is 15.7 Å². The fourth-order valence-corrected chi connectivity index (χ4v) is 1.64. The number of rotatable bonds is 4. The van der Waals surface area contributed by atoms with Gasteiger partial charge in [0.05, 0.1) is 16.9 Å². The first-order chi connectivity index (χ1) is 9.47. The van der Waals surface area contributed by atoms with Crippen molar-refractivity contribution in [3.63, 3.8) is 0 Å². The molecule has 106 valence electrons. The number of nitrogens with two attached hydrogens (primary N) is 1. The molecule has 0 radical (unpaired) electrons. The zero-order valence-electron chi connectivity index (χ0n) is 11.3. The van der Waals surface area contributed by atoms with Crippen molar-refractivity contribution < 1.29 is 13.9 Å². The minimum Gasteiger partial charge on any atom is -0.456 e. The van der Waals surface area contributed by atoms with E-state index in [4.69, 9.17) is 10.5 Å². The van der Waals surface area contributed by atoms with Gasteiger partial charge in [-0.15, -0.1) is 0 Å². The van der Waals surface area contributed by atoms with E-state index < -0.39 is 11.8 Å². The minimum absolute atomic E-state index is 0.0653. The van der Waals surface area contributed by atoms with Crippen LogP contribution in [0.1, 0.15) is 35.9 Å². The maximum atomic E-state index is 13.0. The third-order valence-electron chi connectivity index (χ3n) is 2.78. The molecule has 0 saturated carbocycles. The summed E-state index contributed by atoms with van der Waals surface area (Å²) in [5.74, 6) is -1.12. The Morgan fingerprint density at radius 3 is 2.80 bits per heavy atom. The molecule has 0 aliphatic rings. The molecular formula is C14H16FN3O2. The monoisotopic (exact) mass is 277 g/mol. The van der Waals surface area contributed by atoms with Crippen molar-refractivity contribution in [2.75, 3.05) is 5.73 Å². The van der Waals surface area contributed by atoms with Crippen LogP contribution in [0.4, 0.5) is 10.1 Å². The van der Waals surface area contributed by atoms with Gasteiger partial charge in [-0.3, -0.25) is 4.68 Å². The number of anilines is 1. The summed E-state index contributed by atoms with van der Waals surface area (Å²) in [6, 6.07) is 5.76. The minimum atomic E-state index is -0.559. The fourth-order valence-electron chi connectivity index (χ4n) is 1.64. The standard InChI is InChI=1S/C14H16FN3O2/c1-9(2)18-6-5-11(17-18)8-20-14(19)10-3-4-12(15)13(16)7-10/h3-7,9H,8,16H2,1-2H3. The molecule has 0 aliphatic heterocycles. The number of nitrogen functional groups attached to an aromatic ring is 1. The van der Waals surface area contributed by atoms with Crippen molar-refractivity contribution in [3.8, 4) is 0 Å². The summed E-state index contributed by atoms with van der Waals surface area (Å²) < 4.78 is 19.9. The lowest BCUT2D eigenvalue weighted by atomic mass is 10.2. The Morgan fingerprint density at radius 1 is 1.45 bits per heavy atom. The van der Waals surface area contributed by atoms with Gasteiger partial charge in [-0.05, 0) is 38.1 Å². The quantitative estimate of drug-likeness (QED) is 0.688. The molecule has 0 aliphatic carbocycles. The Balaban J connectivity index is 1.99. The highest BCUT2D eigenvalue weighted by atomic mass is 19.1. The molecular weight excluding hydrogens is 261 g/mol. The molecule has 2 aromatic rings. The number of halogens is 1. The van der Waals surface area contributed by atoms with Gasteiger partial charge in [0.15, 0.2) is 0 Å². The Morgan fingerprint density at radius 2 is 2.20 bits per heavy atom. The number of nitrogens with zero attached hydrogens (tertiary/aromatic N) is 2. The molecule has 1 aromatic heterocycles. The third-order valence-corrected chi connectivity index (χ3v) is 2.78. The van der Waals surface area contributed by atoms with Crippen molar-refractivity contribution in [2.45, 2.75) is 26.5 Å². The van der Waals surface area contributed by atoms with Crippen molar-refractivity contribution >= 4 is 11.7 Å². The number of hydrogen-bond acceptors (Lipinski definition) is 4. The molecule has 0 atom stereocenters. The second kappa shape index (κ2) is 5.73. The molecule has 20 heavy (non-hydrogen) atoms. The summed E-state index contributed by atoms with van der Waals surface area (Å²) in [5, 5.41) is 4.26. The molecule has 1 aromatic carbocycles. The molecule has 0 fully saturated rings. The topological polar surface area (TPSA) is 70.1 Å². The lowest BCUT2D eigenvalue weighted by Crippen LogP contribution is -2.08. The maximum absolute atomic E-state index is 13.0. The first-order valence-corrected chi connectivity index (χ1v) is 6.23. The van der Waals surface area contributed by atoms with E-state index in [1.54, 1.807) is 10.7 Å². The molecule has 5 nitrogen and oxygen atoms in total. The predicted octanol–water partition coefficient (Wildman–Crippen LogP) is 2.54. The van der Waals surface area contributed by atoms with Crippen LogP contribution in [0.5, 0.6) is 0 Å². The SMILES string of the molecule is CC(C)n1ccc(COC(=O)c2ccc(F)c(N)c2)n1. The number of hydrogen-bond donors (Lipinski definition) is 1. The molecule has 2 rings (SSSR count). The van der Waals surface area contributed by atoms with Gasteiger partial charge in [-0.2, -0.15) is 5.10 Å². The summed E-state index contributed by atoms with van der Waals surface area (Å²) in [7, 11) is 0. The van der Waals surface area contributed by atoms with Gasteiger partial charge >= 0.3 is 5.97 Å². The maximum Gasteiger partial charge on any atom is 0.338 e. The Kier molecular flexibility index (Phi) is 4.02. The first-order valence-electron chi connectivity index (χ1n) is 6.23. The van der Waals surface area contributed by atoms with E-state index in [1.807, 2.05) is 20.0 Å². The van der Waals surface area contributed by atoms with Crippen molar-refractivity contribution in [1.29, 1.82) is 0 Å². The van der Waals surface area contributed by atoms with Crippen LogP contribution in [0, 0.1) is 5.82 Å². The molecule has 0 amide bonds. The molecule has 6 heteroatoms. The van der Waals surface area contributed by atoms with Gasteiger partial charge in [0, 0.05) is 12.2 Å². The highest BCUT2D eigenvalue weighted by Crippen LogP contribution is 2.14. The van der Waals surface area contributed by atoms with E-state index in [1.165, 1.54) is 12.1 Å². The fraction of sp³-hybridized carbons (Fsp3) is 0.286. The van der Waals surface area contributed by atoms with Crippen molar-refractivity contribution in [1.82, 2.24) is 9.78 Å². The van der Waals surface area contributed by atoms with Gasteiger partial charge in [-0.1, -0.05) is 0 Å². The van der Waals surface area contributed by atoms with Gasteiger partial charge in [0.25, 0.3) is 0 Å². The zero-order chi connectivity index (χ0) is 14.7. The number of aromatic nitrogens is 2. The van der Waals surface area contributed by atoms with Crippen LogP contribution >= 0.6 is 0 Å². The van der Waals surface area contributed by atoms with Crippen LogP contribution in [0.3, 0.4) is 0 Å². The normalized spacial score (nSPS) is 10.8. The molecule has 0 spiro atoms. The molecule has 2 N–H and O–H groups in total. The Labute approximate surface area is 116 Å². The van der Waals surface area contributed by atoms with E-state index in [9.17, 15) is 9.18 Å². The van der Waals surface area contributed by atoms with Crippen LogP contribution < -0.4 is 5.73 Å². The molecule has 0 bridgehead atoms. The van der Waals surface area contributed by atoms with Crippen molar-refractivity contribution in [3.05, 3.63) is 47.5 Å². The summed E-state index contributed by atoms with van der Waals surface area (Å²) >= 11 is 0. The second-order valence-corrected chi connectivity index (χ2v) is 4.69. The highest BCUT2D eigenvalue weighted by molar-refractivity contribution is 5.90. The van der Waals surface area contributed by atoms with E-state index in [2.05, 4.69) is 5.10 Å². The van der Waals surface area contributed by atoms with Crippen LogP contribution in [0.25, 0.3) is 0 Å². The average molecular weight is 277 g/mol. The second-order valence-electron chi connectivity index (χ2n) is 4.69. The van der Waals surface area contributed by atoms with Gasteiger partial charge in [0.1, 0.15) is 12.4 Å². The Bertz CT molecular complexity index is 623. The average Bonchev–Trinajstić information content (AvgIpc) is 2.88. The largest absolute Gasteiger partial charge is 0.456 e. The number of benzene rings is 1. The summed E-state index contributed by atoms with van der Waals surface area (Å²) in [5.41, 5.74) is 6.19. The van der Waals surface area contributed by atoms with E-state index in [0.717, 1.165) is 6.07 Å². The van der Waals surface area contributed by atoms with E-state index >= 15 is 0 Å². The zero-order valence-corrected chi connectivity index (χ0v) is 11.3. The van der Waals surface area contributed by atoms with Crippen LogP contribution in [-0.2, 0) is 11.3 Å². The van der Waals surface area contributed by atoms with Crippen LogP contribution in [0.15, 0.2) is 30.5 Å². The van der Waals surface area contributed by atoms with E-state index in [-0.39, 0.29) is 23.9 Å². The molecule has 1 heterocycles. The first kappa shape index (κ1) is 14.0. The van der Waals surface area contributed by atoms with Gasteiger partial charge in [0.2, 0.25) is 0 Å². The van der Waals surface area contributed by atoms with E-state index in [0.29, 0.717) is 5.69 Å². The smallest absolute Gasteiger partial charge is 0.338 e. The number of ether oxygens (including phenoxy) is 1. The summed E-state index contributed by atoms with van der Waals surface area (Å²) in [6.07, 6.45) is 1.82. The molecule has 0 saturated heterocycles. The number of carbonyl (C=O) groups excluding carboxylic acids is 1.